The van der Waals surface area contributed by atoms with Crippen molar-refractivity contribution in [2.45, 2.75) is 95.8 Å². The highest BCUT2D eigenvalue weighted by atomic mass is 19.4. The van der Waals surface area contributed by atoms with Crippen LogP contribution in [0.1, 0.15) is 94.9 Å². The Labute approximate surface area is 166 Å². The highest BCUT2D eigenvalue weighted by Gasteiger charge is 2.35. The van der Waals surface area contributed by atoms with E-state index in [0.29, 0.717) is 12.0 Å². The molecule has 1 aromatic heterocycles. The Bertz CT molecular complexity index is 574. The number of rotatable bonds is 7. The van der Waals surface area contributed by atoms with Crippen molar-refractivity contribution in [2.75, 3.05) is 6.61 Å². The van der Waals surface area contributed by atoms with Gasteiger partial charge in [-0.2, -0.15) is 13.2 Å². The molecule has 0 bridgehead atoms. The summed E-state index contributed by atoms with van der Waals surface area (Å²) in [5.41, 5.74) is 0.857. The Hall–Kier alpha value is -1.17. The van der Waals surface area contributed by atoms with Gasteiger partial charge in [-0.05, 0) is 81.1 Å². The van der Waals surface area contributed by atoms with Crippen molar-refractivity contribution < 1.29 is 17.9 Å². The van der Waals surface area contributed by atoms with Crippen LogP contribution in [0.15, 0.2) is 12.4 Å². The molecule has 0 radical (unpaired) electrons. The monoisotopic (exact) mass is 398 g/mol. The van der Waals surface area contributed by atoms with Crippen LogP contribution < -0.4 is 0 Å². The van der Waals surface area contributed by atoms with Crippen LogP contribution in [-0.4, -0.2) is 22.7 Å². The summed E-state index contributed by atoms with van der Waals surface area (Å²) >= 11 is 0. The van der Waals surface area contributed by atoms with Gasteiger partial charge in [0.15, 0.2) is 0 Å². The molecule has 0 spiro atoms. The van der Waals surface area contributed by atoms with Crippen LogP contribution >= 0.6 is 0 Å². The maximum Gasteiger partial charge on any atom is 0.451 e. The zero-order valence-electron chi connectivity index (χ0n) is 16.9. The molecule has 28 heavy (non-hydrogen) atoms. The Kier molecular flexibility index (Phi) is 7.72. The molecule has 3 rings (SSSR count). The molecular weight excluding hydrogens is 365 g/mol. The van der Waals surface area contributed by atoms with Crippen LogP contribution in [0.4, 0.5) is 13.2 Å². The van der Waals surface area contributed by atoms with Crippen molar-refractivity contribution in [3.8, 4) is 0 Å². The molecule has 2 fully saturated rings. The first-order valence-electron chi connectivity index (χ1n) is 11.0. The first kappa shape index (κ1) is 21.5. The summed E-state index contributed by atoms with van der Waals surface area (Å²) in [4.78, 5) is 7.06. The highest BCUT2D eigenvalue weighted by molar-refractivity contribution is 5.13. The summed E-state index contributed by atoms with van der Waals surface area (Å²) in [6.45, 7) is 3.12. The van der Waals surface area contributed by atoms with Gasteiger partial charge in [0.2, 0.25) is 5.82 Å². The first-order valence-corrected chi connectivity index (χ1v) is 11.0. The third-order valence-corrected chi connectivity index (χ3v) is 6.66. The number of alkyl halides is 3. The number of hydrogen-bond donors (Lipinski definition) is 0. The number of aromatic nitrogens is 2. The summed E-state index contributed by atoms with van der Waals surface area (Å²) < 4.78 is 43.9. The number of ether oxygens (including phenoxy) is 1. The van der Waals surface area contributed by atoms with Crippen LogP contribution in [0.2, 0.25) is 0 Å². The van der Waals surface area contributed by atoms with E-state index in [-0.39, 0.29) is 0 Å². The Morgan fingerprint density at radius 3 is 2.00 bits per heavy atom. The Morgan fingerprint density at radius 1 is 0.893 bits per heavy atom. The van der Waals surface area contributed by atoms with E-state index in [1.165, 1.54) is 70.2 Å². The van der Waals surface area contributed by atoms with Crippen LogP contribution in [0.3, 0.4) is 0 Å². The predicted octanol–water partition coefficient (Wildman–Crippen LogP) is 6.53. The Balaban J connectivity index is 1.40. The highest BCUT2D eigenvalue weighted by Crippen LogP contribution is 2.43. The lowest BCUT2D eigenvalue weighted by atomic mass is 9.70. The van der Waals surface area contributed by atoms with E-state index < -0.39 is 12.0 Å². The van der Waals surface area contributed by atoms with Gasteiger partial charge in [0.05, 0.1) is 6.10 Å². The van der Waals surface area contributed by atoms with Gasteiger partial charge in [0.25, 0.3) is 0 Å². The van der Waals surface area contributed by atoms with Gasteiger partial charge in [-0.15, -0.1) is 0 Å². The van der Waals surface area contributed by atoms with Crippen LogP contribution in [0.5, 0.6) is 0 Å². The lowest BCUT2D eigenvalue weighted by molar-refractivity contribution is -0.145. The maximum atomic E-state index is 12.6. The van der Waals surface area contributed by atoms with Crippen molar-refractivity contribution in [2.24, 2.45) is 11.8 Å². The Morgan fingerprint density at radius 2 is 1.46 bits per heavy atom. The predicted molar refractivity (Wildman–Crippen MR) is 103 cm³/mol. The number of nitrogens with zero attached hydrogens (tertiary/aromatic N) is 2. The summed E-state index contributed by atoms with van der Waals surface area (Å²) in [7, 11) is 0. The smallest absolute Gasteiger partial charge is 0.378 e. The van der Waals surface area contributed by atoms with Gasteiger partial charge in [0, 0.05) is 19.0 Å². The summed E-state index contributed by atoms with van der Waals surface area (Å²) in [5.74, 6) is 0.809. The van der Waals surface area contributed by atoms with E-state index in [1.807, 2.05) is 0 Å². The lowest BCUT2D eigenvalue weighted by Crippen LogP contribution is -2.28. The molecule has 6 heteroatoms. The van der Waals surface area contributed by atoms with Crippen molar-refractivity contribution in [3.63, 3.8) is 0 Å². The molecule has 3 nitrogen and oxygen atoms in total. The van der Waals surface area contributed by atoms with Crippen LogP contribution in [0.25, 0.3) is 0 Å². The van der Waals surface area contributed by atoms with Gasteiger partial charge in [0.1, 0.15) is 0 Å². The molecular formula is C22H33F3N2O. The zero-order valence-corrected chi connectivity index (χ0v) is 16.9. The van der Waals surface area contributed by atoms with E-state index in [2.05, 4.69) is 16.9 Å². The third-order valence-electron chi connectivity index (χ3n) is 6.66. The maximum absolute atomic E-state index is 12.6. The van der Waals surface area contributed by atoms with Crippen molar-refractivity contribution in [3.05, 3.63) is 23.8 Å². The molecule has 0 N–H and O–H groups in total. The molecule has 0 unspecified atom stereocenters. The molecule has 0 atom stereocenters. The second-order valence-corrected chi connectivity index (χ2v) is 8.56. The van der Waals surface area contributed by atoms with E-state index in [0.717, 1.165) is 36.8 Å². The van der Waals surface area contributed by atoms with Crippen molar-refractivity contribution in [1.82, 2.24) is 9.97 Å². The number of hydrogen-bond acceptors (Lipinski definition) is 3. The van der Waals surface area contributed by atoms with E-state index in [4.69, 9.17) is 4.74 Å². The van der Waals surface area contributed by atoms with Crippen LogP contribution in [0, 0.1) is 11.8 Å². The molecule has 0 amide bonds. The summed E-state index contributed by atoms with van der Waals surface area (Å²) in [5, 5.41) is 0. The third kappa shape index (κ3) is 5.91. The van der Waals surface area contributed by atoms with Gasteiger partial charge in [-0.25, -0.2) is 9.97 Å². The average Bonchev–Trinajstić information content (AvgIpc) is 2.71. The molecule has 0 aliphatic heterocycles. The van der Waals surface area contributed by atoms with E-state index in [1.54, 1.807) is 0 Å². The van der Waals surface area contributed by atoms with Crippen molar-refractivity contribution >= 4 is 0 Å². The fourth-order valence-corrected chi connectivity index (χ4v) is 4.95. The molecule has 2 aliphatic rings. The lowest BCUT2D eigenvalue weighted by Gasteiger charge is -2.37. The molecule has 0 saturated heterocycles. The quantitative estimate of drug-likeness (QED) is 0.490. The largest absolute Gasteiger partial charge is 0.451 e. The fourth-order valence-electron chi connectivity index (χ4n) is 4.95. The first-order chi connectivity index (χ1) is 13.5. The second kappa shape index (κ2) is 10.0. The molecule has 0 aromatic carbocycles. The van der Waals surface area contributed by atoms with Gasteiger partial charge in [-0.3, -0.25) is 0 Å². The van der Waals surface area contributed by atoms with E-state index >= 15 is 0 Å². The van der Waals surface area contributed by atoms with Gasteiger partial charge < -0.3 is 4.74 Å². The SMILES string of the molecule is CCCCCOC1CCC(C2CCC(c3cnc(C(F)(F)F)nc3)CC2)CC1. The minimum Gasteiger partial charge on any atom is -0.378 e. The topological polar surface area (TPSA) is 35.0 Å². The molecule has 158 valence electrons. The normalized spacial score (nSPS) is 29.0. The van der Waals surface area contributed by atoms with Crippen molar-refractivity contribution in [1.29, 1.82) is 0 Å². The summed E-state index contributed by atoms with van der Waals surface area (Å²) in [6.07, 6.45) is 11.7. The van der Waals surface area contributed by atoms with Gasteiger partial charge in [-0.1, -0.05) is 19.8 Å². The minimum atomic E-state index is -4.46. The van der Waals surface area contributed by atoms with E-state index in [9.17, 15) is 13.2 Å². The second-order valence-electron chi connectivity index (χ2n) is 8.56. The van der Waals surface area contributed by atoms with Crippen LogP contribution in [-0.2, 0) is 10.9 Å². The minimum absolute atomic E-state index is 0.303. The standard InChI is InChI=1S/C22H33F3N2O/c1-2-3-4-13-28-20-11-9-17(10-12-20)16-5-7-18(8-6-16)19-14-26-21(27-15-19)22(23,24)25/h14-18,20H,2-13H2,1H3. The molecule has 2 saturated carbocycles. The average molecular weight is 399 g/mol. The number of unbranched alkanes of at least 4 members (excludes halogenated alkanes) is 2. The zero-order chi connectivity index (χ0) is 20.0. The molecule has 2 aliphatic carbocycles. The number of halogens is 3. The van der Waals surface area contributed by atoms with Gasteiger partial charge >= 0.3 is 6.18 Å². The molecule has 1 heterocycles. The fraction of sp³-hybridized carbons (Fsp3) is 0.818. The summed E-state index contributed by atoms with van der Waals surface area (Å²) in [6, 6.07) is 0. The molecule has 1 aromatic rings.